The lowest BCUT2D eigenvalue weighted by Gasteiger charge is -2.51. The number of fused-ring (bicyclic) bond motifs is 2. The maximum absolute atomic E-state index is 6.36. The molecule has 0 radical (unpaired) electrons. The zero-order valence-electron chi connectivity index (χ0n) is 13.5. The molecule has 3 heteroatoms. The first-order chi connectivity index (χ1) is 9.71. The SMILES string of the molecule is CCC1CCCCC1(CN)N1CCC2CCC(C1)N2C. The fraction of sp³-hybridized carbons (Fsp3) is 1.00. The van der Waals surface area contributed by atoms with E-state index in [0.29, 0.717) is 5.54 Å². The van der Waals surface area contributed by atoms with Crippen LogP contribution in [0.3, 0.4) is 0 Å². The topological polar surface area (TPSA) is 32.5 Å². The third kappa shape index (κ3) is 2.32. The first kappa shape index (κ1) is 14.8. The van der Waals surface area contributed by atoms with Gasteiger partial charge in [-0.15, -0.1) is 0 Å². The summed E-state index contributed by atoms with van der Waals surface area (Å²) in [6.07, 6.45) is 11.0. The number of hydrogen-bond donors (Lipinski definition) is 1. The van der Waals surface area contributed by atoms with Crippen LogP contribution in [-0.4, -0.2) is 54.1 Å². The van der Waals surface area contributed by atoms with Gasteiger partial charge in [-0.2, -0.15) is 0 Å². The number of rotatable bonds is 3. The molecule has 1 aliphatic carbocycles. The molecule has 2 aliphatic heterocycles. The Labute approximate surface area is 124 Å². The smallest absolute Gasteiger partial charge is 0.0360 e. The molecule has 0 amide bonds. The van der Waals surface area contributed by atoms with Crippen LogP contribution in [0.15, 0.2) is 0 Å². The van der Waals surface area contributed by atoms with E-state index < -0.39 is 0 Å². The van der Waals surface area contributed by atoms with Gasteiger partial charge in [0.1, 0.15) is 0 Å². The summed E-state index contributed by atoms with van der Waals surface area (Å²) in [5.74, 6) is 0.822. The summed E-state index contributed by atoms with van der Waals surface area (Å²) in [5.41, 5.74) is 6.68. The van der Waals surface area contributed by atoms with Crippen LogP contribution >= 0.6 is 0 Å². The van der Waals surface area contributed by atoms with Crippen LogP contribution in [0, 0.1) is 5.92 Å². The Morgan fingerprint density at radius 2 is 1.90 bits per heavy atom. The van der Waals surface area contributed by atoms with Crippen LogP contribution in [0.1, 0.15) is 58.3 Å². The Morgan fingerprint density at radius 3 is 2.65 bits per heavy atom. The predicted molar refractivity (Wildman–Crippen MR) is 84.8 cm³/mol. The first-order valence-electron chi connectivity index (χ1n) is 8.88. The summed E-state index contributed by atoms with van der Waals surface area (Å²) < 4.78 is 0. The monoisotopic (exact) mass is 279 g/mol. The average molecular weight is 279 g/mol. The standard InChI is InChI=1S/C17H33N3/c1-3-14-6-4-5-10-17(14,13-18)20-11-9-15-7-8-16(12-20)19(15)2/h14-16H,3-13,18H2,1-2H3. The summed E-state index contributed by atoms with van der Waals surface area (Å²) in [5, 5.41) is 0. The van der Waals surface area contributed by atoms with Gasteiger partial charge in [0, 0.05) is 37.3 Å². The van der Waals surface area contributed by atoms with E-state index in [4.69, 9.17) is 5.73 Å². The van der Waals surface area contributed by atoms with Crippen LogP contribution in [0.25, 0.3) is 0 Å². The van der Waals surface area contributed by atoms with Crippen molar-refractivity contribution in [2.45, 2.75) is 75.9 Å². The van der Waals surface area contributed by atoms with Crippen LogP contribution in [0.4, 0.5) is 0 Å². The van der Waals surface area contributed by atoms with Gasteiger partial charge in [-0.1, -0.05) is 26.2 Å². The number of nitrogens with zero attached hydrogens (tertiary/aromatic N) is 2. The van der Waals surface area contributed by atoms with Crippen molar-refractivity contribution in [2.24, 2.45) is 11.7 Å². The highest BCUT2D eigenvalue weighted by molar-refractivity contribution is 5.03. The van der Waals surface area contributed by atoms with Gasteiger partial charge in [0.05, 0.1) is 0 Å². The van der Waals surface area contributed by atoms with Crippen LogP contribution < -0.4 is 5.73 Å². The molecule has 2 heterocycles. The summed E-state index contributed by atoms with van der Waals surface area (Å²) in [6, 6.07) is 1.62. The van der Waals surface area contributed by atoms with Gasteiger partial charge in [-0.05, 0) is 45.1 Å². The van der Waals surface area contributed by atoms with Crippen molar-refractivity contribution in [2.75, 3.05) is 26.7 Å². The molecule has 0 spiro atoms. The Bertz CT molecular complexity index is 332. The molecule has 3 aliphatic rings. The summed E-state index contributed by atoms with van der Waals surface area (Å²) in [4.78, 5) is 5.49. The van der Waals surface area contributed by atoms with E-state index >= 15 is 0 Å². The maximum atomic E-state index is 6.36. The van der Waals surface area contributed by atoms with E-state index in [1.807, 2.05) is 0 Å². The van der Waals surface area contributed by atoms with E-state index in [0.717, 1.165) is 24.5 Å². The lowest BCUT2D eigenvalue weighted by Crippen LogP contribution is -2.61. The number of likely N-dealkylation sites (tertiary alicyclic amines) is 1. The second kappa shape index (κ2) is 5.94. The molecule has 0 aromatic rings. The highest BCUT2D eigenvalue weighted by Gasteiger charge is 2.46. The first-order valence-corrected chi connectivity index (χ1v) is 8.88. The van der Waals surface area contributed by atoms with Gasteiger partial charge in [-0.25, -0.2) is 0 Å². The zero-order chi connectivity index (χ0) is 14.2. The molecule has 4 atom stereocenters. The fourth-order valence-electron chi connectivity index (χ4n) is 5.41. The predicted octanol–water partition coefficient (Wildman–Crippen LogP) is 2.45. The Hall–Kier alpha value is -0.120. The van der Waals surface area contributed by atoms with Crippen LogP contribution in [-0.2, 0) is 0 Å². The molecular weight excluding hydrogens is 246 g/mol. The number of likely N-dealkylation sites (N-methyl/N-ethyl adjacent to an activating group) is 1. The van der Waals surface area contributed by atoms with Crippen LogP contribution in [0.2, 0.25) is 0 Å². The molecule has 3 nitrogen and oxygen atoms in total. The van der Waals surface area contributed by atoms with Crippen molar-refractivity contribution in [3.05, 3.63) is 0 Å². The summed E-state index contributed by atoms with van der Waals surface area (Å²) in [6.45, 7) is 5.78. The molecule has 2 N–H and O–H groups in total. The highest BCUT2D eigenvalue weighted by atomic mass is 15.3. The van der Waals surface area contributed by atoms with Crippen molar-refractivity contribution in [1.82, 2.24) is 9.80 Å². The normalized spacial score (nSPS) is 43.6. The molecule has 116 valence electrons. The quantitative estimate of drug-likeness (QED) is 0.861. The molecule has 20 heavy (non-hydrogen) atoms. The fourth-order valence-corrected chi connectivity index (χ4v) is 5.41. The largest absolute Gasteiger partial charge is 0.329 e. The van der Waals surface area contributed by atoms with Gasteiger partial charge in [0.25, 0.3) is 0 Å². The lowest BCUT2D eigenvalue weighted by molar-refractivity contribution is -0.00127. The van der Waals surface area contributed by atoms with E-state index in [9.17, 15) is 0 Å². The zero-order valence-corrected chi connectivity index (χ0v) is 13.5. The van der Waals surface area contributed by atoms with E-state index in [1.54, 1.807) is 0 Å². The van der Waals surface area contributed by atoms with Crippen molar-refractivity contribution in [3.63, 3.8) is 0 Å². The second-order valence-corrected chi connectivity index (χ2v) is 7.44. The van der Waals surface area contributed by atoms with Crippen molar-refractivity contribution >= 4 is 0 Å². The van der Waals surface area contributed by atoms with Crippen molar-refractivity contribution in [1.29, 1.82) is 0 Å². The van der Waals surface area contributed by atoms with Crippen LogP contribution in [0.5, 0.6) is 0 Å². The second-order valence-electron chi connectivity index (χ2n) is 7.44. The Balaban J connectivity index is 1.81. The molecule has 4 unspecified atom stereocenters. The molecular formula is C17H33N3. The molecule has 0 aromatic heterocycles. The third-order valence-electron chi connectivity index (χ3n) is 6.80. The minimum Gasteiger partial charge on any atom is -0.329 e. The van der Waals surface area contributed by atoms with Gasteiger partial charge in [0.15, 0.2) is 0 Å². The summed E-state index contributed by atoms with van der Waals surface area (Å²) >= 11 is 0. The Morgan fingerprint density at radius 1 is 1.10 bits per heavy atom. The van der Waals surface area contributed by atoms with Gasteiger partial charge in [-0.3, -0.25) is 9.80 Å². The van der Waals surface area contributed by atoms with E-state index in [2.05, 4.69) is 23.8 Å². The minimum atomic E-state index is 0.318. The maximum Gasteiger partial charge on any atom is 0.0360 e. The van der Waals surface area contributed by atoms with Gasteiger partial charge in [0.2, 0.25) is 0 Å². The molecule has 1 saturated carbocycles. The minimum absolute atomic E-state index is 0.318. The molecule has 3 rings (SSSR count). The Kier molecular flexibility index (Phi) is 4.40. The molecule has 3 fully saturated rings. The summed E-state index contributed by atoms with van der Waals surface area (Å²) in [7, 11) is 2.35. The number of nitrogens with two attached hydrogens (primary N) is 1. The highest BCUT2D eigenvalue weighted by Crippen LogP contribution is 2.42. The van der Waals surface area contributed by atoms with Gasteiger partial charge < -0.3 is 5.73 Å². The van der Waals surface area contributed by atoms with Crippen molar-refractivity contribution in [3.8, 4) is 0 Å². The molecule has 2 bridgehead atoms. The van der Waals surface area contributed by atoms with E-state index in [1.165, 1.54) is 64.5 Å². The third-order valence-corrected chi connectivity index (χ3v) is 6.80. The van der Waals surface area contributed by atoms with Gasteiger partial charge >= 0.3 is 0 Å². The van der Waals surface area contributed by atoms with E-state index in [-0.39, 0.29) is 0 Å². The number of hydrogen-bond acceptors (Lipinski definition) is 3. The lowest BCUT2D eigenvalue weighted by atomic mass is 9.70. The van der Waals surface area contributed by atoms with Crippen molar-refractivity contribution < 1.29 is 0 Å². The average Bonchev–Trinajstić information content (AvgIpc) is 2.72. The molecule has 0 aromatic carbocycles. The molecule has 2 saturated heterocycles.